The van der Waals surface area contributed by atoms with Gasteiger partial charge >= 0.3 is 0 Å². The van der Waals surface area contributed by atoms with Crippen molar-refractivity contribution in [2.75, 3.05) is 13.2 Å². The van der Waals surface area contributed by atoms with Crippen molar-refractivity contribution in [2.45, 2.75) is 24.4 Å². The largest absolute Gasteiger partial charge is 0.394 e. The maximum absolute atomic E-state index is 9.83. The summed E-state index contributed by atoms with van der Waals surface area (Å²) in [5.74, 6) is 0.378. The predicted molar refractivity (Wildman–Crippen MR) is 63.7 cm³/mol. The van der Waals surface area contributed by atoms with Gasteiger partial charge in [0.1, 0.15) is 36.6 Å². The SMILES string of the molecule is [2H][C@]1(CO)O[C@@H](CN2C=NC(N)=NC2=C)[C@@H](O)C1O. The number of nitrogens with two attached hydrogens (primary N) is 1. The van der Waals surface area contributed by atoms with Gasteiger partial charge in [-0.3, -0.25) is 0 Å². The van der Waals surface area contributed by atoms with E-state index in [1.54, 1.807) is 0 Å². The Kier molecular flexibility index (Phi) is 3.24. The van der Waals surface area contributed by atoms with Crippen LogP contribution >= 0.6 is 0 Å². The number of aliphatic imine (C=N–C) groups is 2. The first-order valence-electron chi connectivity index (χ1n) is 5.86. The number of hydrogen-bond donors (Lipinski definition) is 4. The van der Waals surface area contributed by atoms with Gasteiger partial charge in [-0.1, -0.05) is 6.58 Å². The van der Waals surface area contributed by atoms with Crippen LogP contribution in [0.5, 0.6) is 0 Å². The van der Waals surface area contributed by atoms with Crippen LogP contribution in [0.3, 0.4) is 0 Å². The van der Waals surface area contributed by atoms with Gasteiger partial charge in [0.15, 0.2) is 0 Å². The highest BCUT2D eigenvalue weighted by Crippen LogP contribution is 2.22. The van der Waals surface area contributed by atoms with Crippen molar-refractivity contribution in [1.82, 2.24) is 4.90 Å². The maximum atomic E-state index is 9.83. The van der Waals surface area contributed by atoms with E-state index in [9.17, 15) is 10.2 Å². The molecule has 2 rings (SSSR count). The Morgan fingerprint density at radius 1 is 1.56 bits per heavy atom. The zero-order valence-electron chi connectivity index (χ0n) is 10.6. The number of nitrogens with zero attached hydrogens (tertiary/aromatic N) is 3. The van der Waals surface area contributed by atoms with E-state index in [1.165, 1.54) is 11.2 Å². The molecule has 0 bridgehead atoms. The molecule has 0 radical (unpaired) electrons. The smallest absolute Gasteiger partial charge is 0.223 e. The van der Waals surface area contributed by atoms with Gasteiger partial charge in [-0.05, 0) is 0 Å². The average Bonchev–Trinajstić information content (AvgIpc) is 2.58. The lowest BCUT2D eigenvalue weighted by Crippen LogP contribution is -2.40. The molecule has 4 atom stereocenters. The molecule has 0 aliphatic carbocycles. The molecule has 2 aliphatic rings. The lowest BCUT2D eigenvalue weighted by molar-refractivity contribution is -0.0250. The lowest BCUT2D eigenvalue weighted by atomic mass is 10.1. The molecule has 1 saturated heterocycles. The Morgan fingerprint density at radius 3 is 2.83 bits per heavy atom. The van der Waals surface area contributed by atoms with Gasteiger partial charge < -0.3 is 30.7 Å². The normalized spacial score (nSPS) is 40.9. The van der Waals surface area contributed by atoms with Crippen LogP contribution in [-0.2, 0) is 4.74 Å². The van der Waals surface area contributed by atoms with Gasteiger partial charge in [0.25, 0.3) is 0 Å². The van der Waals surface area contributed by atoms with Crippen LogP contribution < -0.4 is 5.73 Å². The second kappa shape index (κ2) is 5.02. The fourth-order valence-electron chi connectivity index (χ4n) is 1.77. The number of guanidine groups is 1. The monoisotopic (exact) mass is 257 g/mol. The van der Waals surface area contributed by atoms with Crippen LogP contribution in [0, 0.1) is 0 Å². The van der Waals surface area contributed by atoms with Crippen LogP contribution in [0.2, 0.25) is 0 Å². The van der Waals surface area contributed by atoms with Crippen molar-refractivity contribution in [2.24, 2.45) is 15.7 Å². The molecular weight excluding hydrogens is 240 g/mol. The van der Waals surface area contributed by atoms with Gasteiger partial charge in [0.05, 0.1) is 14.5 Å². The van der Waals surface area contributed by atoms with E-state index in [0.717, 1.165) is 0 Å². The first-order chi connectivity index (χ1) is 8.87. The standard InChI is InChI=1S/C10H16N4O4/c1-5-13-10(11)12-4-14(5)2-6-8(16)9(17)7(3-15)18-6/h4,6-9,15-17H,1-3H2,(H2,11,13)/t6-,7+,8+,9?/m0/s1/i7D. The van der Waals surface area contributed by atoms with E-state index in [0.29, 0.717) is 5.82 Å². The minimum absolute atomic E-state index is 0.0689. The maximum Gasteiger partial charge on any atom is 0.223 e. The predicted octanol–water partition coefficient (Wildman–Crippen LogP) is -2.40. The van der Waals surface area contributed by atoms with Gasteiger partial charge in [-0.15, -0.1) is 0 Å². The van der Waals surface area contributed by atoms with E-state index >= 15 is 0 Å². The zero-order valence-corrected chi connectivity index (χ0v) is 9.60. The Balaban J connectivity index is 2.05. The molecule has 5 N–H and O–H groups in total. The highest BCUT2D eigenvalue weighted by atomic mass is 16.6. The number of aliphatic hydroxyl groups excluding tert-OH is 3. The first-order valence-corrected chi connectivity index (χ1v) is 5.36. The lowest BCUT2D eigenvalue weighted by Gasteiger charge is -2.25. The average molecular weight is 257 g/mol. The molecule has 0 aromatic carbocycles. The summed E-state index contributed by atoms with van der Waals surface area (Å²) in [5.41, 5.74) is 5.39. The minimum Gasteiger partial charge on any atom is -0.394 e. The molecule has 0 saturated carbocycles. The number of rotatable bonds is 3. The summed E-state index contributed by atoms with van der Waals surface area (Å²) >= 11 is 0. The molecule has 1 unspecified atom stereocenters. The van der Waals surface area contributed by atoms with Crippen molar-refractivity contribution in [3.8, 4) is 0 Å². The summed E-state index contributed by atoms with van der Waals surface area (Å²) in [5, 5.41) is 28.5. The molecule has 100 valence electrons. The summed E-state index contributed by atoms with van der Waals surface area (Å²) in [6.07, 6.45) is -4.23. The third kappa shape index (κ3) is 2.36. The van der Waals surface area contributed by atoms with Gasteiger partial charge in [0.2, 0.25) is 5.96 Å². The van der Waals surface area contributed by atoms with E-state index < -0.39 is 31.0 Å². The first kappa shape index (κ1) is 11.6. The summed E-state index contributed by atoms with van der Waals surface area (Å²) in [7, 11) is 0. The van der Waals surface area contributed by atoms with Crippen LogP contribution in [0.25, 0.3) is 0 Å². The van der Waals surface area contributed by atoms with E-state index in [2.05, 4.69) is 16.6 Å². The summed E-state index contributed by atoms with van der Waals surface area (Å²) < 4.78 is 12.9. The van der Waals surface area contributed by atoms with Crippen LogP contribution in [0.1, 0.15) is 1.37 Å². The van der Waals surface area contributed by atoms with Gasteiger partial charge in [0, 0.05) is 0 Å². The molecule has 1 fully saturated rings. The molecule has 18 heavy (non-hydrogen) atoms. The molecule has 0 aromatic rings. The Morgan fingerprint density at radius 2 is 2.28 bits per heavy atom. The Bertz CT molecular complexity index is 443. The summed E-state index contributed by atoms with van der Waals surface area (Å²) in [4.78, 5) is 9.09. The van der Waals surface area contributed by atoms with E-state index in [4.69, 9.17) is 16.9 Å². The van der Waals surface area contributed by atoms with Gasteiger partial charge in [-0.25, -0.2) is 4.99 Å². The molecule has 2 heterocycles. The molecule has 8 heteroatoms. The fraction of sp³-hybridized carbons (Fsp3) is 0.600. The van der Waals surface area contributed by atoms with Crippen molar-refractivity contribution in [3.05, 3.63) is 12.4 Å². The zero-order chi connectivity index (χ0) is 14.2. The molecule has 0 amide bonds. The Labute approximate surface area is 105 Å². The summed E-state index contributed by atoms with van der Waals surface area (Å²) in [6, 6.07) is 0. The second-order valence-electron chi connectivity index (χ2n) is 4.00. The molecule has 2 aliphatic heterocycles. The minimum atomic E-state index is -1.93. The van der Waals surface area contributed by atoms with Crippen molar-refractivity contribution in [1.29, 1.82) is 0 Å². The molecular formula is C10H16N4O4. The number of ether oxygens (including phenoxy) is 1. The summed E-state index contributed by atoms with van der Waals surface area (Å²) in [6.45, 7) is 3.02. The molecule has 8 nitrogen and oxygen atoms in total. The van der Waals surface area contributed by atoms with E-state index in [-0.39, 0.29) is 12.5 Å². The van der Waals surface area contributed by atoms with Crippen LogP contribution in [0.15, 0.2) is 22.4 Å². The van der Waals surface area contributed by atoms with Crippen molar-refractivity contribution >= 4 is 12.3 Å². The van der Waals surface area contributed by atoms with Crippen molar-refractivity contribution in [3.63, 3.8) is 0 Å². The highest BCUT2D eigenvalue weighted by Gasteiger charge is 2.43. The molecule has 0 aromatic heterocycles. The number of aliphatic hydroxyl groups is 3. The van der Waals surface area contributed by atoms with E-state index in [1.807, 2.05) is 0 Å². The number of hydrogen-bond acceptors (Lipinski definition) is 8. The Hall–Kier alpha value is -1.48. The van der Waals surface area contributed by atoms with Crippen LogP contribution in [0.4, 0.5) is 0 Å². The molecule has 0 spiro atoms. The second-order valence-corrected chi connectivity index (χ2v) is 4.00. The fourth-order valence-corrected chi connectivity index (χ4v) is 1.77. The topological polar surface area (TPSA) is 124 Å². The van der Waals surface area contributed by atoms with Gasteiger partial charge in [-0.2, -0.15) is 4.99 Å². The van der Waals surface area contributed by atoms with Crippen molar-refractivity contribution < 1.29 is 21.4 Å². The third-order valence-electron chi connectivity index (χ3n) is 2.77. The third-order valence-corrected chi connectivity index (χ3v) is 2.77. The quantitative estimate of drug-likeness (QED) is 0.447. The highest BCUT2D eigenvalue weighted by molar-refractivity contribution is 5.89. The van der Waals surface area contributed by atoms with Crippen LogP contribution in [-0.4, -0.2) is 70.1 Å².